The summed E-state index contributed by atoms with van der Waals surface area (Å²) >= 11 is 0. The first-order valence-electron chi connectivity index (χ1n) is 2.12. The number of aromatic nitrogens is 2. The Morgan fingerprint density at radius 2 is 2.33 bits per heavy atom. The molecule has 1 aromatic rings. The second kappa shape index (κ2) is 4.63. The molecule has 0 aromatic carbocycles. The number of carbonyl (C=O) groups is 1. The van der Waals surface area contributed by atoms with Crippen molar-refractivity contribution in [1.82, 2.24) is 4.98 Å². The molecule has 1 aromatic heterocycles. The lowest BCUT2D eigenvalue weighted by Gasteiger charge is -1.74. The van der Waals surface area contributed by atoms with Gasteiger partial charge in [-0.2, -0.15) is 0 Å². The van der Waals surface area contributed by atoms with E-state index in [1.807, 2.05) is 12.4 Å². The third kappa shape index (κ3) is 10.7. The van der Waals surface area contributed by atoms with Crippen LogP contribution in [0.15, 0.2) is 18.7 Å². The third-order valence-corrected chi connectivity index (χ3v) is 0.442. The Bertz CT molecular complexity index is 128. The van der Waals surface area contributed by atoms with Gasteiger partial charge in [0.15, 0.2) is 0 Å². The molecule has 1 rings (SSSR count). The predicted octanol–water partition coefficient (Wildman–Crippen LogP) is -1.28. The maximum atomic E-state index is 8.44. The summed E-state index contributed by atoms with van der Waals surface area (Å²) in [6.45, 7) is 0. The molecule has 0 bridgehead atoms. The van der Waals surface area contributed by atoms with Crippen LogP contribution in [0.25, 0.3) is 0 Å². The van der Waals surface area contributed by atoms with E-state index in [0.717, 1.165) is 0 Å². The van der Waals surface area contributed by atoms with Gasteiger partial charge in [0.25, 0.3) is 0 Å². The molecule has 0 atom stereocenters. The molecule has 0 aliphatic carbocycles. The van der Waals surface area contributed by atoms with Crippen LogP contribution in [0.1, 0.15) is 0 Å². The van der Waals surface area contributed by atoms with E-state index < -0.39 is 6.16 Å². The fourth-order valence-electron chi connectivity index (χ4n) is 0.241. The van der Waals surface area contributed by atoms with Crippen molar-refractivity contribution < 1.29 is 20.0 Å². The van der Waals surface area contributed by atoms with Crippen molar-refractivity contribution in [2.75, 3.05) is 0 Å². The first kappa shape index (κ1) is 7.48. The van der Waals surface area contributed by atoms with Crippen LogP contribution in [0, 0.1) is 0 Å². The maximum Gasteiger partial charge on any atom is 0.249 e. The number of rotatable bonds is 0. The molecule has 0 unspecified atom stereocenters. The fourth-order valence-corrected chi connectivity index (χ4v) is 0.241. The zero-order chi connectivity index (χ0) is 7.11. The number of hydrogen-bond donors (Lipinski definition) is 2. The summed E-state index contributed by atoms with van der Waals surface area (Å²) in [5.41, 5.74) is 0. The maximum absolute atomic E-state index is 8.44. The number of hydrogen-bond acceptors (Lipinski definition) is 2. The Kier molecular flexibility index (Phi) is 3.85. The summed E-state index contributed by atoms with van der Waals surface area (Å²) in [6.07, 6.45) is 3.31. The summed E-state index contributed by atoms with van der Waals surface area (Å²) in [4.78, 5) is 14.1. The summed E-state index contributed by atoms with van der Waals surface area (Å²) in [5.74, 6) is 0. The van der Waals surface area contributed by atoms with Crippen molar-refractivity contribution in [2.24, 2.45) is 0 Å². The molecular formula is C4H6N2O3. The molecule has 0 fully saturated rings. The second-order valence-electron chi connectivity index (χ2n) is 1.08. The van der Waals surface area contributed by atoms with Gasteiger partial charge >= 0.3 is 0 Å². The molecule has 5 heteroatoms. The van der Waals surface area contributed by atoms with Gasteiger partial charge in [-0.25, -0.2) is 0 Å². The van der Waals surface area contributed by atoms with Crippen LogP contribution >= 0.6 is 0 Å². The summed E-state index contributed by atoms with van der Waals surface area (Å²) in [7, 11) is 0. The minimum Gasteiger partial charge on any atom is -0.565 e. The molecule has 0 saturated heterocycles. The number of carboxylic acid groups (broad SMARTS) is 2. The number of nitrogens with one attached hydrogen (secondary N) is 2. The molecule has 0 amide bonds. The number of H-pyrrole nitrogens is 2. The SMILES string of the molecule is O=C([O-])O.c1c[nH+]c[nH]1. The molecule has 50 valence electrons. The lowest BCUT2D eigenvalue weighted by molar-refractivity contribution is -0.375. The van der Waals surface area contributed by atoms with Crippen LogP contribution in [-0.2, 0) is 0 Å². The third-order valence-electron chi connectivity index (χ3n) is 0.442. The average Bonchev–Trinajstić information content (AvgIpc) is 2.11. The van der Waals surface area contributed by atoms with E-state index >= 15 is 0 Å². The highest BCUT2D eigenvalue weighted by atomic mass is 16.6. The lowest BCUT2D eigenvalue weighted by Crippen LogP contribution is -2.17. The number of aromatic amines is 2. The van der Waals surface area contributed by atoms with Gasteiger partial charge in [0.1, 0.15) is 12.4 Å². The summed E-state index contributed by atoms with van der Waals surface area (Å²) in [5, 5.41) is 15.3. The van der Waals surface area contributed by atoms with Gasteiger partial charge in [-0.05, 0) is 0 Å². The van der Waals surface area contributed by atoms with Crippen LogP contribution in [0.3, 0.4) is 0 Å². The molecule has 5 nitrogen and oxygen atoms in total. The van der Waals surface area contributed by atoms with Crippen LogP contribution in [0.4, 0.5) is 4.79 Å². The summed E-state index contributed by atoms with van der Waals surface area (Å²) < 4.78 is 0. The van der Waals surface area contributed by atoms with Crippen molar-refractivity contribution in [1.29, 1.82) is 0 Å². The molecule has 0 spiro atoms. The van der Waals surface area contributed by atoms with Gasteiger partial charge < -0.3 is 15.0 Å². The zero-order valence-corrected chi connectivity index (χ0v) is 4.50. The van der Waals surface area contributed by atoms with Crippen molar-refractivity contribution in [3.63, 3.8) is 0 Å². The van der Waals surface area contributed by atoms with Gasteiger partial charge in [-0.3, -0.25) is 9.97 Å². The van der Waals surface area contributed by atoms with Crippen LogP contribution < -0.4 is 10.1 Å². The van der Waals surface area contributed by atoms with Crippen molar-refractivity contribution >= 4 is 6.16 Å². The van der Waals surface area contributed by atoms with E-state index in [-0.39, 0.29) is 0 Å². The normalized spacial score (nSPS) is 7.11. The highest BCUT2D eigenvalue weighted by molar-refractivity contribution is 5.50. The van der Waals surface area contributed by atoms with Gasteiger partial charge in [0.2, 0.25) is 12.5 Å². The molecule has 0 aliphatic rings. The van der Waals surface area contributed by atoms with Crippen molar-refractivity contribution in [3.8, 4) is 0 Å². The molecule has 1 heterocycles. The van der Waals surface area contributed by atoms with E-state index in [9.17, 15) is 0 Å². The topological polar surface area (TPSA) is 90.3 Å². The molecule has 0 saturated carbocycles. The average molecular weight is 130 g/mol. The Balaban J connectivity index is 0.000000148. The second-order valence-corrected chi connectivity index (χ2v) is 1.08. The smallest absolute Gasteiger partial charge is 0.249 e. The van der Waals surface area contributed by atoms with E-state index in [0.29, 0.717) is 0 Å². The monoisotopic (exact) mass is 130 g/mol. The van der Waals surface area contributed by atoms with Gasteiger partial charge in [0, 0.05) is 0 Å². The molecule has 0 radical (unpaired) electrons. The van der Waals surface area contributed by atoms with Crippen LogP contribution in [-0.4, -0.2) is 16.2 Å². The minimum absolute atomic E-state index is 1.75. The predicted molar refractivity (Wildman–Crippen MR) is 25.4 cm³/mol. The summed E-state index contributed by atoms with van der Waals surface area (Å²) in [6, 6.07) is 0. The minimum atomic E-state index is -2.08. The van der Waals surface area contributed by atoms with Crippen LogP contribution in [0.5, 0.6) is 0 Å². The molecule has 9 heavy (non-hydrogen) atoms. The van der Waals surface area contributed by atoms with Crippen molar-refractivity contribution in [2.45, 2.75) is 0 Å². The zero-order valence-electron chi connectivity index (χ0n) is 4.50. The van der Waals surface area contributed by atoms with Gasteiger partial charge in [0.05, 0.1) is 0 Å². The Morgan fingerprint density at radius 1 is 1.78 bits per heavy atom. The molecule has 0 aliphatic heterocycles. The van der Waals surface area contributed by atoms with E-state index in [2.05, 4.69) is 9.97 Å². The first-order valence-corrected chi connectivity index (χ1v) is 2.12. The fraction of sp³-hybridized carbons (Fsp3) is 0. The van der Waals surface area contributed by atoms with Gasteiger partial charge in [-0.15, -0.1) is 0 Å². The largest absolute Gasteiger partial charge is 0.565 e. The Labute approximate surface area is 51.0 Å². The Morgan fingerprint density at radius 3 is 2.44 bits per heavy atom. The highest BCUT2D eigenvalue weighted by Gasteiger charge is 1.65. The highest BCUT2D eigenvalue weighted by Crippen LogP contribution is 1.53. The van der Waals surface area contributed by atoms with E-state index in [1.165, 1.54) is 0 Å². The lowest BCUT2D eigenvalue weighted by atomic mass is 11.0. The number of imidazole rings is 1. The first-order chi connectivity index (χ1) is 4.23. The van der Waals surface area contributed by atoms with E-state index in [1.54, 1.807) is 6.33 Å². The van der Waals surface area contributed by atoms with E-state index in [4.69, 9.17) is 15.0 Å². The van der Waals surface area contributed by atoms with Crippen molar-refractivity contribution in [3.05, 3.63) is 18.7 Å². The quantitative estimate of drug-likeness (QED) is 0.458. The Hall–Kier alpha value is -1.52. The molecular weight excluding hydrogens is 124 g/mol. The molecule has 3 N–H and O–H groups in total. The van der Waals surface area contributed by atoms with Gasteiger partial charge in [-0.1, -0.05) is 0 Å². The van der Waals surface area contributed by atoms with Crippen LogP contribution in [0.2, 0.25) is 0 Å². The standard InChI is InChI=1S/C3H4N2.CH2O3/c1-2-5-3-4-1;2-1(3)4/h1-3H,(H,4,5);(H2,2,3,4).